The first-order valence-corrected chi connectivity index (χ1v) is 5.41. The molecule has 0 saturated heterocycles. The second-order valence-electron chi connectivity index (χ2n) is 3.48. The lowest BCUT2D eigenvalue weighted by Gasteiger charge is -2.09. The van der Waals surface area contributed by atoms with E-state index in [1.165, 1.54) is 24.3 Å². The summed E-state index contributed by atoms with van der Waals surface area (Å²) in [5.41, 5.74) is -0.232. The Bertz CT molecular complexity index is 581. The highest BCUT2D eigenvalue weighted by molar-refractivity contribution is 6.30. The predicted molar refractivity (Wildman–Crippen MR) is 64.9 cm³/mol. The topological polar surface area (TPSA) is 46.5 Å². The van der Waals surface area contributed by atoms with Gasteiger partial charge in [0.05, 0.1) is 0 Å². The number of carboxylic acids is 1. The summed E-state index contributed by atoms with van der Waals surface area (Å²) in [6.07, 6.45) is 0. The largest absolute Gasteiger partial charge is 0.478 e. The molecule has 18 heavy (non-hydrogen) atoms. The summed E-state index contributed by atoms with van der Waals surface area (Å²) in [6, 6.07) is 9.92. The summed E-state index contributed by atoms with van der Waals surface area (Å²) in [7, 11) is 0. The number of carbonyl (C=O) groups is 1. The van der Waals surface area contributed by atoms with E-state index in [1.807, 2.05) is 0 Å². The molecule has 0 fully saturated rings. The lowest BCUT2D eigenvalue weighted by Crippen LogP contribution is -2.01. The molecular formula is C13H8ClFO3. The van der Waals surface area contributed by atoms with Gasteiger partial charge in [-0.2, -0.15) is 0 Å². The van der Waals surface area contributed by atoms with Crippen LogP contribution < -0.4 is 4.74 Å². The quantitative estimate of drug-likeness (QED) is 0.914. The van der Waals surface area contributed by atoms with Gasteiger partial charge in [-0.1, -0.05) is 17.7 Å². The molecule has 0 aromatic heterocycles. The van der Waals surface area contributed by atoms with E-state index in [-0.39, 0.29) is 11.3 Å². The highest BCUT2D eigenvalue weighted by Gasteiger charge is 2.16. The lowest BCUT2D eigenvalue weighted by atomic mass is 10.2. The summed E-state index contributed by atoms with van der Waals surface area (Å²) in [5, 5.41) is 9.45. The minimum Gasteiger partial charge on any atom is -0.478 e. The van der Waals surface area contributed by atoms with Gasteiger partial charge in [-0.15, -0.1) is 0 Å². The van der Waals surface area contributed by atoms with Crippen molar-refractivity contribution in [3.8, 4) is 11.5 Å². The van der Waals surface area contributed by atoms with Crippen LogP contribution in [-0.2, 0) is 0 Å². The molecule has 0 atom stereocenters. The number of ether oxygens (including phenoxy) is 1. The normalized spacial score (nSPS) is 10.1. The highest BCUT2D eigenvalue weighted by atomic mass is 35.5. The average molecular weight is 267 g/mol. The average Bonchev–Trinajstić information content (AvgIpc) is 2.34. The predicted octanol–water partition coefficient (Wildman–Crippen LogP) is 3.97. The van der Waals surface area contributed by atoms with Crippen LogP contribution in [0.15, 0.2) is 42.5 Å². The Labute approximate surface area is 107 Å². The zero-order chi connectivity index (χ0) is 13.1. The Balaban J connectivity index is 2.39. The van der Waals surface area contributed by atoms with E-state index in [4.69, 9.17) is 21.4 Å². The van der Waals surface area contributed by atoms with E-state index in [1.54, 1.807) is 12.1 Å². The second-order valence-corrected chi connectivity index (χ2v) is 3.91. The Morgan fingerprint density at radius 2 is 1.83 bits per heavy atom. The molecule has 5 heteroatoms. The van der Waals surface area contributed by atoms with Crippen LogP contribution in [0.25, 0.3) is 0 Å². The van der Waals surface area contributed by atoms with Crippen molar-refractivity contribution in [1.82, 2.24) is 0 Å². The summed E-state index contributed by atoms with van der Waals surface area (Å²) >= 11 is 5.70. The van der Waals surface area contributed by atoms with E-state index >= 15 is 0 Å². The van der Waals surface area contributed by atoms with Crippen molar-refractivity contribution in [1.29, 1.82) is 0 Å². The number of rotatable bonds is 3. The zero-order valence-corrected chi connectivity index (χ0v) is 9.82. The second kappa shape index (κ2) is 5.06. The molecule has 2 aromatic carbocycles. The van der Waals surface area contributed by atoms with E-state index in [2.05, 4.69) is 0 Å². The molecule has 2 rings (SSSR count). The number of para-hydroxylation sites is 1. The van der Waals surface area contributed by atoms with Crippen LogP contribution in [-0.4, -0.2) is 11.1 Å². The molecule has 1 N–H and O–H groups in total. The molecule has 92 valence electrons. The number of aromatic carboxylic acids is 1. The smallest absolute Gasteiger partial charge is 0.339 e. The number of benzene rings is 2. The minimum absolute atomic E-state index is 0.232. The number of hydrogen-bond acceptors (Lipinski definition) is 2. The molecule has 0 aliphatic heterocycles. The van der Waals surface area contributed by atoms with Gasteiger partial charge in [0.15, 0.2) is 11.6 Å². The molecule has 0 amide bonds. The van der Waals surface area contributed by atoms with Crippen molar-refractivity contribution in [3.05, 3.63) is 58.9 Å². The van der Waals surface area contributed by atoms with Crippen LogP contribution in [0.5, 0.6) is 11.5 Å². The summed E-state index contributed by atoms with van der Waals surface area (Å²) < 4.78 is 18.8. The first-order valence-electron chi connectivity index (χ1n) is 5.03. The first kappa shape index (κ1) is 12.4. The van der Waals surface area contributed by atoms with E-state index in [0.717, 1.165) is 6.07 Å². The SMILES string of the molecule is O=C(O)c1cccc(F)c1Oc1ccc(Cl)cc1. The van der Waals surface area contributed by atoms with Crippen molar-refractivity contribution in [2.24, 2.45) is 0 Å². The van der Waals surface area contributed by atoms with Gasteiger partial charge in [0.25, 0.3) is 0 Å². The molecule has 0 aliphatic rings. The Kier molecular flexibility index (Phi) is 3.48. The van der Waals surface area contributed by atoms with Crippen molar-refractivity contribution >= 4 is 17.6 Å². The third-order valence-electron chi connectivity index (χ3n) is 2.23. The Morgan fingerprint density at radius 1 is 1.17 bits per heavy atom. The fourth-order valence-corrected chi connectivity index (χ4v) is 1.53. The molecule has 0 heterocycles. The van der Waals surface area contributed by atoms with Gasteiger partial charge in [-0.3, -0.25) is 0 Å². The van der Waals surface area contributed by atoms with Gasteiger partial charge >= 0.3 is 5.97 Å². The first-order chi connectivity index (χ1) is 8.58. The van der Waals surface area contributed by atoms with E-state index in [9.17, 15) is 9.18 Å². The molecule has 0 bridgehead atoms. The Hall–Kier alpha value is -2.07. The minimum atomic E-state index is -1.25. The summed E-state index contributed by atoms with van der Waals surface area (Å²) in [5.74, 6) is -1.98. The molecule has 0 aliphatic carbocycles. The van der Waals surface area contributed by atoms with Gasteiger partial charge in [0.2, 0.25) is 0 Å². The highest BCUT2D eigenvalue weighted by Crippen LogP contribution is 2.29. The van der Waals surface area contributed by atoms with E-state index < -0.39 is 11.8 Å². The van der Waals surface area contributed by atoms with Crippen LogP contribution in [0.3, 0.4) is 0 Å². The number of carboxylic acid groups (broad SMARTS) is 1. The third-order valence-corrected chi connectivity index (χ3v) is 2.48. The fraction of sp³-hybridized carbons (Fsp3) is 0. The zero-order valence-electron chi connectivity index (χ0n) is 9.06. The van der Waals surface area contributed by atoms with Gasteiger partial charge in [0.1, 0.15) is 11.3 Å². The van der Waals surface area contributed by atoms with Crippen molar-refractivity contribution < 1.29 is 19.0 Å². The van der Waals surface area contributed by atoms with Gasteiger partial charge < -0.3 is 9.84 Å². The van der Waals surface area contributed by atoms with Gasteiger partial charge in [-0.25, -0.2) is 9.18 Å². The van der Waals surface area contributed by atoms with Gasteiger partial charge in [-0.05, 0) is 36.4 Å². The van der Waals surface area contributed by atoms with Crippen LogP contribution in [0.2, 0.25) is 5.02 Å². The monoisotopic (exact) mass is 266 g/mol. The summed E-state index contributed by atoms with van der Waals surface area (Å²) in [6.45, 7) is 0. The van der Waals surface area contributed by atoms with Crippen LogP contribution >= 0.6 is 11.6 Å². The molecule has 0 spiro atoms. The molecule has 0 radical (unpaired) electrons. The third kappa shape index (κ3) is 2.60. The van der Waals surface area contributed by atoms with Crippen LogP contribution in [0.1, 0.15) is 10.4 Å². The summed E-state index contributed by atoms with van der Waals surface area (Å²) in [4.78, 5) is 11.0. The van der Waals surface area contributed by atoms with Crippen molar-refractivity contribution in [2.45, 2.75) is 0 Å². The van der Waals surface area contributed by atoms with Crippen molar-refractivity contribution in [2.75, 3.05) is 0 Å². The molecule has 3 nitrogen and oxygen atoms in total. The van der Waals surface area contributed by atoms with Crippen molar-refractivity contribution in [3.63, 3.8) is 0 Å². The van der Waals surface area contributed by atoms with E-state index in [0.29, 0.717) is 10.8 Å². The maximum absolute atomic E-state index is 13.6. The van der Waals surface area contributed by atoms with Gasteiger partial charge in [0, 0.05) is 5.02 Å². The standard InChI is InChI=1S/C13H8ClFO3/c14-8-4-6-9(7-5-8)18-12-10(13(16)17)2-1-3-11(12)15/h1-7H,(H,16,17). The Morgan fingerprint density at radius 3 is 2.44 bits per heavy atom. The van der Waals surface area contributed by atoms with Crippen LogP contribution in [0.4, 0.5) is 4.39 Å². The molecule has 0 unspecified atom stereocenters. The molecule has 0 saturated carbocycles. The maximum atomic E-state index is 13.6. The fourth-order valence-electron chi connectivity index (χ4n) is 1.40. The molecule has 2 aromatic rings. The number of hydrogen-bond donors (Lipinski definition) is 1. The van der Waals surface area contributed by atoms with Crippen LogP contribution in [0, 0.1) is 5.82 Å². The number of halogens is 2. The molecular weight excluding hydrogens is 259 g/mol. The maximum Gasteiger partial charge on any atom is 0.339 e. The lowest BCUT2D eigenvalue weighted by molar-refractivity contribution is 0.0693.